The van der Waals surface area contributed by atoms with Gasteiger partial charge in [0, 0.05) is 24.3 Å². The SMILES string of the molecule is CCN(CC)S(=O)(=O)c1cc(NC(=O)COC(=O)c2occc2C)ccc1C. The molecule has 0 aliphatic heterocycles. The predicted octanol–water partition coefficient (Wildman–Crippen LogP) is 2.72. The maximum atomic E-state index is 12.8. The highest BCUT2D eigenvalue weighted by molar-refractivity contribution is 7.89. The zero-order valence-electron chi connectivity index (χ0n) is 16.3. The molecule has 1 amide bonds. The molecule has 8 nitrogen and oxygen atoms in total. The normalized spacial score (nSPS) is 11.5. The van der Waals surface area contributed by atoms with Gasteiger partial charge in [-0.15, -0.1) is 0 Å². The van der Waals surface area contributed by atoms with E-state index in [-0.39, 0.29) is 10.7 Å². The number of furan rings is 1. The van der Waals surface area contributed by atoms with E-state index >= 15 is 0 Å². The zero-order chi connectivity index (χ0) is 20.9. The Kier molecular flexibility index (Phi) is 6.98. The van der Waals surface area contributed by atoms with Gasteiger partial charge >= 0.3 is 5.97 Å². The molecule has 0 atom stereocenters. The highest BCUT2D eigenvalue weighted by Gasteiger charge is 2.24. The first-order valence-electron chi connectivity index (χ1n) is 8.82. The second-order valence-electron chi connectivity index (χ2n) is 6.13. The van der Waals surface area contributed by atoms with Gasteiger partial charge in [-0.25, -0.2) is 13.2 Å². The lowest BCUT2D eigenvalue weighted by atomic mass is 10.2. The van der Waals surface area contributed by atoms with Crippen LogP contribution < -0.4 is 5.32 Å². The van der Waals surface area contributed by atoms with Crippen LogP contribution in [0.1, 0.15) is 35.5 Å². The predicted molar refractivity (Wildman–Crippen MR) is 104 cm³/mol. The monoisotopic (exact) mass is 408 g/mol. The third-order valence-corrected chi connectivity index (χ3v) is 6.37. The van der Waals surface area contributed by atoms with Gasteiger partial charge in [-0.3, -0.25) is 4.79 Å². The van der Waals surface area contributed by atoms with Crippen LogP contribution >= 0.6 is 0 Å². The van der Waals surface area contributed by atoms with E-state index in [1.165, 1.54) is 16.6 Å². The molecule has 0 fully saturated rings. The molecule has 0 aliphatic rings. The van der Waals surface area contributed by atoms with Crippen molar-refractivity contribution in [2.75, 3.05) is 25.0 Å². The first-order chi connectivity index (χ1) is 13.2. The number of carbonyl (C=O) groups is 2. The molecule has 0 aliphatic carbocycles. The average molecular weight is 408 g/mol. The number of sulfonamides is 1. The third-order valence-electron chi connectivity index (χ3n) is 4.18. The molecule has 0 saturated carbocycles. The average Bonchev–Trinajstić information content (AvgIpc) is 3.08. The fraction of sp³-hybridized carbons (Fsp3) is 0.368. The van der Waals surface area contributed by atoms with Crippen LogP contribution in [0.3, 0.4) is 0 Å². The van der Waals surface area contributed by atoms with Crippen LogP contribution in [0, 0.1) is 13.8 Å². The van der Waals surface area contributed by atoms with Crippen molar-refractivity contribution in [2.45, 2.75) is 32.6 Å². The Hall–Kier alpha value is -2.65. The molecule has 0 spiro atoms. The number of nitrogens with one attached hydrogen (secondary N) is 1. The largest absolute Gasteiger partial charge is 0.457 e. The van der Waals surface area contributed by atoms with Gasteiger partial charge < -0.3 is 14.5 Å². The highest BCUT2D eigenvalue weighted by atomic mass is 32.2. The summed E-state index contributed by atoms with van der Waals surface area (Å²) in [6.07, 6.45) is 1.36. The maximum absolute atomic E-state index is 12.8. The Balaban J connectivity index is 2.09. The van der Waals surface area contributed by atoms with Gasteiger partial charge in [0.15, 0.2) is 6.61 Å². The van der Waals surface area contributed by atoms with Gasteiger partial charge in [-0.1, -0.05) is 19.9 Å². The van der Waals surface area contributed by atoms with Gasteiger partial charge in [-0.2, -0.15) is 4.31 Å². The molecule has 1 aromatic carbocycles. The standard InChI is InChI=1S/C19H24N2O6S/c1-5-21(6-2)28(24,25)16-11-15(8-7-13(16)3)20-17(22)12-27-19(23)18-14(4)9-10-26-18/h7-11H,5-6,12H2,1-4H3,(H,20,22). The number of benzene rings is 1. The number of ether oxygens (including phenoxy) is 1. The fourth-order valence-electron chi connectivity index (χ4n) is 2.63. The van der Waals surface area contributed by atoms with Crippen molar-refractivity contribution in [1.82, 2.24) is 4.31 Å². The molecule has 2 rings (SSSR count). The number of aryl methyl sites for hydroxylation is 2. The van der Waals surface area contributed by atoms with Crippen molar-refractivity contribution in [3.05, 3.63) is 47.4 Å². The molecular formula is C19H24N2O6S. The number of carbonyl (C=O) groups excluding carboxylic acids is 2. The fourth-order valence-corrected chi connectivity index (χ4v) is 4.34. The number of rotatable bonds is 8. The van der Waals surface area contributed by atoms with Crippen molar-refractivity contribution in [3.8, 4) is 0 Å². The summed E-state index contributed by atoms with van der Waals surface area (Å²) in [4.78, 5) is 24.1. The molecule has 9 heteroatoms. The summed E-state index contributed by atoms with van der Waals surface area (Å²) >= 11 is 0. The molecule has 1 aromatic heterocycles. The van der Waals surface area contributed by atoms with E-state index in [4.69, 9.17) is 9.15 Å². The summed E-state index contributed by atoms with van der Waals surface area (Å²) in [6, 6.07) is 6.22. The van der Waals surface area contributed by atoms with Crippen LogP contribution in [0.15, 0.2) is 39.8 Å². The van der Waals surface area contributed by atoms with E-state index in [9.17, 15) is 18.0 Å². The lowest BCUT2D eigenvalue weighted by Crippen LogP contribution is -2.31. The minimum absolute atomic E-state index is 0.0377. The molecule has 0 radical (unpaired) electrons. The lowest BCUT2D eigenvalue weighted by molar-refractivity contribution is -0.119. The minimum atomic E-state index is -3.67. The number of amides is 1. The van der Waals surface area contributed by atoms with Gasteiger partial charge in [-0.05, 0) is 37.6 Å². The summed E-state index contributed by atoms with van der Waals surface area (Å²) in [7, 11) is -3.67. The second-order valence-corrected chi connectivity index (χ2v) is 8.03. The Morgan fingerprint density at radius 1 is 1.11 bits per heavy atom. The molecular weight excluding hydrogens is 384 g/mol. The Morgan fingerprint density at radius 3 is 2.36 bits per heavy atom. The van der Waals surface area contributed by atoms with Crippen LogP contribution in [0.25, 0.3) is 0 Å². The van der Waals surface area contributed by atoms with Gasteiger partial charge in [0.2, 0.25) is 15.8 Å². The number of nitrogens with zero attached hydrogens (tertiary/aromatic N) is 1. The van der Waals surface area contributed by atoms with E-state index in [1.54, 1.807) is 45.9 Å². The Labute approximate surface area is 164 Å². The molecule has 0 bridgehead atoms. The van der Waals surface area contributed by atoms with E-state index in [2.05, 4.69) is 5.32 Å². The van der Waals surface area contributed by atoms with Crippen LogP contribution in [-0.2, 0) is 19.6 Å². The summed E-state index contributed by atoms with van der Waals surface area (Å²) < 4.78 is 36.8. The van der Waals surface area contributed by atoms with Crippen molar-refractivity contribution < 1.29 is 27.2 Å². The molecule has 1 N–H and O–H groups in total. The number of hydrogen-bond donors (Lipinski definition) is 1. The summed E-state index contributed by atoms with van der Waals surface area (Å²) in [6.45, 7) is 7.06. The van der Waals surface area contributed by atoms with Gasteiger partial charge in [0.25, 0.3) is 5.91 Å². The van der Waals surface area contributed by atoms with Crippen molar-refractivity contribution in [1.29, 1.82) is 0 Å². The first-order valence-corrected chi connectivity index (χ1v) is 10.3. The van der Waals surface area contributed by atoms with Crippen LogP contribution in [-0.4, -0.2) is 44.3 Å². The van der Waals surface area contributed by atoms with E-state index < -0.39 is 28.5 Å². The van der Waals surface area contributed by atoms with Crippen molar-refractivity contribution >= 4 is 27.6 Å². The van der Waals surface area contributed by atoms with Crippen molar-refractivity contribution in [3.63, 3.8) is 0 Å². The van der Waals surface area contributed by atoms with Crippen LogP contribution in [0.2, 0.25) is 0 Å². The number of hydrogen-bond acceptors (Lipinski definition) is 6. The first kappa shape index (κ1) is 21.6. The summed E-state index contributed by atoms with van der Waals surface area (Å²) in [5.41, 5.74) is 1.48. The quantitative estimate of drug-likeness (QED) is 0.673. The van der Waals surface area contributed by atoms with E-state index in [1.807, 2.05) is 0 Å². The second kappa shape index (κ2) is 9.03. The van der Waals surface area contributed by atoms with E-state index in [0.717, 1.165) is 0 Å². The zero-order valence-corrected chi connectivity index (χ0v) is 17.1. The maximum Gasteiger partial charge on any atom is 0.375 e. The molecule has 28 heavy (non-hydrogen) atoms. The van der Waals surface area contributed by atoms with Gasteiger partial charge in [0.05, 0.1) is 11.2 Å². The molecule has 0 unspecified atom stereocenters. The topological polar surface area (TPSA) is 106 Å². The smallest absolute Gasteiger partial charge is 0.375 e. The van der Waals surface area contributed by atoms with E-state index in [0.29, 0.717) is 29.9 Å². The Morgan fingerprint density at radius 2 is 1.79 bits per heavy atom. The molecule has 152 valence electrons. The van der Waals surface area contributed by atoms with Crippen LogP contribution in [0.4, 0.5) is 5.69 Å². The number of anilines is 1. The highest BCUT2D eigenvalue weighted by Crippen LogP contribution is 2.23. The minimum Gasteiger partial charge on any atom is -0.457 e. The Bertz CT molecular complexity index is 961. The summed E-state index contributed by atoms with van der Waals surface area (Å²) in [5, 5.41) is 2.54. The van der Waals surface area contributed by atoms with Crippen LogP contribution in [0.5, 0.6) is 0 Å². The number of esters is 1. The summed E-state index contributed by atoms with van der Waals surface area (Å²) in [5.74, 6) is -1.30. The molecule has 2 aromatic rings. The third kappa shape index (κ3) is 4.79. The lowest BCUT2D eigenvalue weighted by Gasteiger charge is -2.20. The van der Waals surface area contributed by atoms with Crippen molar-refractivity contribution in [2.24, 2.45) is 0 Å². The van der Waals surface area contributed by atoms with Gasteiger partial charge in [0.1, 0.15) is 0 Å². The molecule has 0 saturated heterocycles. The molecule has 1 heterocycles.